The summed E-state index contributed by atoms with van der Waals surface area (Å²) in [6, 6.07) is 5.66. The highest BCUT2D eigenvalue weighted by Crippen LogP contribution is 2.18. The van der Waals surface area contributed by atoms with Crippen molar-refractivity contribution in [1.82, 2.24) is 13.5 Å². The van der Waals surface area contributed by atoms with Crippen molar-refractivity contribution in [1.29, 1.82) is 0 Å². The van der Waals surface area contributed by atoms with Crippen LogP contribution in [0.25, 0.3) is 11.0 Å². The van der Waals surface area contributed by atoms with Gasteiger partial charge >= 0.3 is 5.69 Å². The zero-order valence-corrected chi connectivity index (χ0v) is 15.7. The lowest BCUT2D eigenvalue weighted by atomic mass is 10.1. The number of hydrogen-bond donors (Lipinski definition) is 1. The first kappa shape index (κ1) is 18.1. The first-order valence-electron chi connectivity index (χ1n) is 8.37. The fourth-order valence-corrected chi connectivity index (χ4v) is 3.50. The number of anilines is 1. The van der Waals surface area contributed by atoms with E-state index in [-0.39, 0.29) is 18.0 Å². The van der Waals surface area contributed by atoms with Crippen LogP contribution in [0.4, 0.5) is 5.69 Å². The van der Waals surface area contributed by atoms with E-state index >= 15 is 0 Å². The maximum absolute atomic E-state index is 12.7. The van der Waals surface area contributed by atoms with Crippen molar-refractivity contribution in [3.05, 3.63) is 55.5 Å². The lowest BCUT2D eigenvalue weighted by Crippen LogP contribution is -2.41. The SMILES string of the molecule is CCCn1c(=O)c2nscc2n(CC(=O)Nc2cccc(C)c2C)c1=O. The van der Waals surface area contributed by atoms with E-state index in [1.807, 2.05) is 39.0 Å². The van der Waals surface area contributed by atoms with Gasteiger partial charge in [0.1, 0.15) is 6.54 Å². The van der Waals surface area contributed by atoms with Crippen LogP contribution in [-0.2, 0) is 17.9 Å². The normalized spacial score (nSPS) is 11.0. The number of amides is 1. The van der Waals surface area contributed by atoms with Crippen LogP contribution in [0.1, 0.15) is 24.5 Å². The minimum Gasteiger partial charge on any atom is -0.324 e. The minimum atomic E-state index is -0.485. The van der Waals surface area contributed by atoms with Crippen molar-refractivity contribution in [2.75, 3.05) is 5.32 Å². The van der Waals surface area contributed by atoms with Crippen LogP contribution >= 0.6 is 11.5 Å². The number of hydrogen-bond acceptors (Lipinski definition) is 5. The van der Waals surface area contributed by atoms with E-state index in [0.717, 1.165) is 27.2 Å². The predicted molar refractivity (Wildman–Crippen MR) is 103 cm³/mol. The second kappa shape index (κ2) is 7.25. The molecule has 0 bridgehead atoms. The number of rotatable bonds is 5. The van der Waals surface area contributed by atoms with Gasteiger partial charge in [-0.05, 0) is 49.0 Å². The Morgan fingerprint density at radius 1 is 1.23 bits per heavy atom. The third-order valence-electron chi connectivity index (χ3n) is 4.38. The molecule has 0 aliphatic carbocycles. The van der Waals surface area contributed by atoms with Crippen molar-refractivity contribution in [2.24, 2.45) is 0 Å². The number of carbonyl (C=O) groups is 1. The Morgan fingerprint density at radius 3 is 2.73 bits per heavy atom. The summed E-state index contributed by atoms with van der Waals surface area (Å²) in [4.78, 5) is 37.7. The molecular weight excluding hydrogens is 352 g/mol. The number of nitrogens with one attached hydrogen (secondary N) is 1. The zero-order chi connectivity index (χ0) is 18.8. The number of benzene rings is 1. The van der Waals surface area contributed by atoms with Gasteiger partial charge in [0.25, 0.3) is 5.56 Å². The molecule has 2 heterocycles. The number of aryl methyl sites for hydroxylation is 1. The van der Waals surface area contributed by atoms with Crippen molar-refractivity contribution >= 4 is 34.2 Å². The molecule has 136 valence electrons. The molecule has 0 saturated carbocycles. The Morgan fingerprint density at radius 2 is 2.00 bits per heavy atom. The summed E-state index contributed by atoms with van der Waals surface area (Å²) < 4.78 is 6.56. The summed E-state index contributed by atoms with van der Waals surface area (Å²) in [5.74, 6) is -0.324. The third kappa shape index (κ3) is 3.20. The van der Waals surface area contributed by atoms with Crippen molar-refractivity contribution in [2.45, 2.75) is 40.3 Å². The molecular formula is C18H20N4O3S. The molecule has 26 heavy (non-hydrogen) atoms. The molecule has 1 N–H and O–H groups in total. The molecule has 2 aromatic heterocycles. The van der Waals surface area contributed by atoms with E-state index in [1.54, 1.807) is 5.38 Å². The highest BCUT2D eigenvalue weighted by molar-refractivity contribution is 7.04. The second-order valence-electron chi connectivity index (χ2n) is 6.17. The average molecular weight is 372 g/mol. The fraction of sp³-hybridized carbons (Fsp3) is 0.333. The van der Waals surface area contributed by atoms with Crippen LogP contribution in [0.3, 0.4) is 0 Å². The van der Waals surface area contributed by atoms with E-state index in [1.165, 1.54) is 4.57 Å². The smallest absolute Gasteiger partial charge is 0.324 e. The standard InChI is InChI=1S/C18H20N4O3S/c1-4-8-21-17(24)16-14(10-26-20-16)22(18(21)25)9-15(23)19-13-7-5-6-11(2)12(13)3/h5-7,10H,4,8-9H2,1-3H3,(H,19,23). The van der Waals surface area contributed by atoms with Crippen molar-refractivity contribution in [3.63, 3.8) is 0 Å². The molecule has 1 amide bonds. The Bertz CT molecular complexity index is 1090. The van der Waals surface area contributed by atoms with Crippen molar-refractivity contribution in [3.8, 4) is 0 Å². The molecule has 1 aromatic carbocycles. The fourth-order valence-electron chi connectivity index (χ4n) is 2.83. The summed E-state index contributed by atoms with van der Waals surface area (Å²) in [6.07, 6.45) is 0.638. The van der Waals surface area contributed by atoms with Gasteiger partial charge in [0.2, 0.25) is 5.91 Å². The van der Waals surface area contributed by atoms with Gasteiger partial charge in [0.15, 0.2) is 5.52 Å². The summed E-state index contributed by atoms with van der Waals surface area (Å²) in [5, 5.41) is 4.47. The van der Waals surface area contributed by atoms with E-state index in [9.17, 15) is 14.4 Å². The summed E-state index contributed by atoms with van der Waals surface area (Å²) in [7, 11) is 0. The first-order valence-corrected chi connectivity index (χ1v) is 9.21. The lowest BCUT2D eigenvalue weighted by molar-refractivity contribution is -0.116. The van der Waals surface area contributed by atoms with Crippen LogP contribution < -0.4 is 16.6 Å². The number of fused-ring (bicyclic) bond motifs is 1. The molecule has 0 unspecified atom stereocenters. The monoisotopic (exact) mass is 372 g/mol. The molecule has 0 atom stereocenters. The number of carbonyl (C=O) groups excluding carboxylic acids is 1. The van der Waals surface area contributed by atoms with E-state index in [4.69, 9.17) is 0 Å². The van der Waals surface area contributed by atoms with Gasteiger partial charge in [-0.25, -0.2) is 4.79 Å². The Hall–Kier alpha value is -2.74. The Kier molecular flexibility index (Phi) is 5.03. The van der Waals surface area contributed by atoms with Gasteiger partial charge in [0, 0.05) is 17.6 Å². The summed E-state index contributed by atoms with van der Waals surface area (Å²) in [6.45, 7) is 5.90. The summed E-state index contributed by atoms with van der Waals surface area (Å²) in [5.41, 5.74) is 2.49. The first-order chi connectivity index (χ1) is 12.4. The van der Waals surface area contributed by atoms with Crippen LogP contribution in [0.5, 0.6) is 0 Å². The molecule has 0 saturated heterocycles. The van der Waals surface area contributed by atoms with Crippen LogP contribution in [-0.4, -0.2) is 19.4 Å². The highest BCUT2D eigenvalue weighted by Gasteiger charge is 2.17. The zero-order valence-electron chi connectivity index (χ0n) is 14.9. The van der Waals surface area contributed by atoms with Gasteiger partial charge in [-0.2, -0.15) is 4.37 Å². The molecule has 7 nitrogen and oxygen atoms in total. The van der Waals surface area contributed by atoms with Gasteiger partial charge in [-0.1, -0.05) is 19.1 Å². The van der Waals surface area contributed by atoms with Gasteiger partial charge in [-0.3, -0.25) is 18.7 Å². The van der Waals surface area contributed by atoms with Crippen LogP contribution in [0.2, 0.25) is 0 Å². The minimum absolute atomic E-state index is 0.175. The maximum atomic E-state index is 12.7. The average Bonchev–Trinajstić information content (AvgIpc) is 3.09. The summed E-state index contributed by atoms with van der Waals surface area (Å²) >= 11 is 1.10. The number of nitrogens with zero attached hydrogens (tertiary/aromatic N) is 3. The number of aromatic nitrogens is 3. The van der Waals surface area contributed by atoms with Crippen LogP contribution in [0, 0.1) is 13.8 Å². The molecule has 0 radical (unpaired) electrons. The van der Waals surface area contributed by atoms with E-state index in [2.05, 4.69) is 9.69 Å². The molecule has 3 aromatic rings. The molecule has 0 aliphatic rings. The van der Waals surface area contributed by atoms with E-state index < -0.39 is 11.2 Å². The predicted octanol–water partition coefficient (Wildman–Crippen LogP) is 2.29. The molecule has 8 heteroatoms. The molecule has 0 aliphatic heterocycles. The van der Waals surface area contributed by atoms with Gasteiger partial charge < -0.3 is 5.32 Å². The van der Waals surface area contributed by atoms with Crippen molar-refractivity contribution < 1.29 is 4.79 Å². The molecule has 0 spiro atoms. The second-order valence-corrected chi connectivity index (χ2v) is 6.80. The maximum Gasteiger partial charge on any atom is 0.332 e. The van der Waals surface area contributed by atoms with Gasteiger partial charge in [0.05, 0.1) is 5.52 Å². The Balaban J connectivity index is 1.99. The highest BCUT2D eigenvalue weighted by atomic mass is 32.1. The largest absolute Gasteiger partial charge is 0.332 e. The van der Waals surface area contributed by atoms with Crippen LogP contribution in [0.15, 0.2) is 33.2 Å². The quantitative estimate of drug-likeness (QED) is 0.744. The Labute approximate surface area is 154 Å². The van der Waals surface area contributed by atoms with E-state index in [0.29, 0.717) is 24.2 Å². The lowest BCUT2D eigenvalue weighted by Gasteiger charge is -2.13. The molecule has 3 rings (SSSR count). The topological polar surface area (TPSA) is 86.0 Å². The molecule has 0 fully saturated rings. The third-order valence-corrected chi connectivity index (χ3v) is 5.00. The van der Waals surface area contributed by atoms with Gasteiger partial charge in [-0.15, -0.1) is 0 Å².